The van der Waals surface area contributed by atoms with Gasteiger partial charge in [-0.2, -0.15) is 0 Å². The highest BCUT2D eigenvalue weighted by Gasteiger charge is 2.34. The Morgan fingerprint density at radius 2 is 1.72 bits per heavy atom. The second-order valence-corrected chi connectivity index (χ2v) is 11.9. The Balaban J connectivity index is 1.57. The minimum absolute atomic E-state index is 0.0994. The van der Waals surface area contributed by atoms with Crippen LogP contribution in [-0.2, 0) is 35.5 Å². The highest BCUT2D eigenvalue weighted by Crippen LogP contribution is 2.40. The molecule has 43 heavy (non-hydrogen) atoms. The van der Waals surface area contributed by atoms with Gasteiger partial charge in [0.25, 0.3) is 5.91 Å². The number of esters is 1. The molecule has 0 aliphatic carbocycles. The Bertz CT molecular complexity index is 1700. The molecule has 5 rings (SSSR count). The zero-order valence-corrected chi connectivity index (χ0v) is 26.9. The number of fused-ring (bicyclic) bond motifs is 2. The van der Waals surface area contributed by atoms with Gasteiger partial charge in [-0.3, -0.25) is 9.59 Å². The molecule has 0 saturated heterocycles. The van der Waals surface area contributed by atoms with E-state index in [2.05, 4.69) is 88.3 Å². The average Bonchev–Trinajstić information content (AvgIpc) is 3.45. The third-order valence-corrected chi connectivity index (χ3v) is 9.66. The third-order valence-electron chi connectivity index (χ3n) is 9.66. The number of aromatic nitrogens is 3. The Labute approximate surface area is 255 Å². The van der Waals surface area contributed by atoms with E-state index in [1.807, 2.05) is 16.5 Å². The van der Waals surface area contributed by atoms with Crippen molar-refractivity contribution in [3.05, 3.63) is 92.0 Å². The Morgan fingerprint density at radius 3 is 2.40 bits per heavy atom. The number of nitrogens with zero attached hydrogens (tertiary/aromatic N) is 4. The highest BCUT2D eigenvalue weighted by molar-refractivity contribution is 5.98. The van der Waals surface area contributed by atoms with E-state index in [9.17, 15) is 9.59 Å². The van der Waals surface area contributed by atoms with Crippen LogP contribution in [0.1, 0.15) is 93.5 Å². The van der Waals surface area contributed by atoms with Crippen LogP contribution in [0.5, 0.6) is 0 Å². The summed E-state index contributed by atoms with van der Waals surface area (Å²) in [5, 5.41) is 8.83. The SMILES string of the molecule is CCc1cc(C)c(C)c(C(=O)N2CCc3ccc([C@@H](c4ccc5c(nnn5CC)c4C)C(CC)C(=O)OC)cc3C2)c1C. The van der Waals surface area contributed by atoms with Crippen LogP contribution in [0.15, 0.2) is 36.4 Å². The van der Waals surface area contributed by atoms with E-state index in [0.29, 0.717) is 19.5 Å². The monoisotopic (exact) mass is 580 g/mol. The lowest BCUT2D eigenvalue weighted by Crippen LogP contribution is -2.37. The second kappa shape index (κ2) is 12.3. The van der Waals surface area contributed by atoms with Crippen molar-refractivity contribution in [2.24, 2.45) is 5.92 Å². The number of hydrogen-bond acceptors (Lipinski definition) is 5. The Morgan fingerprint density at radius 1 is 0.953 bits per heavy atom. The zero-order valence-electron chi connectivity index (χ0n) is 26.9. The van der Waals surface area contributed by atoms with E-state index in [-0.39, 0.29) is 23.7 Å². The van der Waals surface area contributed by atoms with Gasteiger partial charge in [-0.15, -0.1) is 5.10 Å². The summed E-state index contributed by atoms with van der Waals surface area (Å²) in [6.07, 6.45) is 2.33. The van der Waals surface area contributed by atoms with Crippen LogP contribution in [0.25, 0.3) is 11.0 Å². The molecule has 7 nitrogen and oxygen atoms in total. The highest BCUT2D eigenvalue weighted by atomic mass is 16.5. The van der Waals surface area contributed by atoms with Gasteiger partial charge in [0.2, 0.25) is 0 Å². The van der Waals surface area contributed by atoms with Crippen LogP contribution in [0.2, 0.25) is 0 Å². The molecule has 1 aliphatic heterocycles. The molecular weight excluding hydrogens is 536 g/mol. The molecule has 2 heterocycles. The van der Waals surface area contributed by atoms with E-state index in [1.165, 1.54) is 18.2 Å². The smallest absolute Gasteiger partial charge is 0.309 e. The second-order valence-electron chi connectivity index (χ2n) is 11.9. The van der Waals surface area contributed by atoms with Crippen molar-refractivity contribution in [2.75, 3.05) is 13.7 Å². The van der Waals surface area contributed by atoms with Crippen molar-refractivity contribution in [1.29, 1.82) is 0 Å². The molecule has 1 amide bonds. The van der Waals surface area contributed by atoms with Crippen LogP contribution in [0, 0.1) is 33.6 Å². The first-order valence-electron chi connectivity index (χ1n) is 15.6. The molecule has 0 N–H and O–H groups in total. The molecule has 1 aromatic heterocycles. The minimum Gasteiger partial charge on any atom is -0.469 e. The fourth-order valence-electron chi connectivity index (χ4n) is 6.98. The van der Waals surface area contributed by atoms with E-state index in [4.69, 9.17) is 4.74 Å². The third kappa shape index (κ3) is 5.34. The lowest BCUT2D eigenvalue weighted by molar-refractivity contribution is -0.146. The van der Waals surface area contributed by atoms with Gasteiger partial charge in [0.1, 0.15) is 5.52 Å². The summed E-state index contributed by atoms with van der Waals surface area (Å²) < 4.78 is 7.21. The molecule has 0 spiro atoms. The topological polar surface area (TPSA) is 77.3 Å². The predicted octanol–water partition coefficient (Wildman–Crippen LogP) is 6.78. The number of carbonyl (C=O) groups is 2. The number of amides is 1. The standard InChI is InChI=1S/C36H44N4O3/c1-9-25-18-21(4)22(5)32(23(25)6)35(41)39-17-16-26-12-13-27(19-28(26)20-39)33(29(10-2)36(42)43-8)30-14-15-31-34(24(30)7)37-38-40(31)11-3/h12-15,18-19,29,33H,9-11,16-17,20H2,1-8H3/t29?,33-/m1/s1. The molecule has 4 aromatic rings. The number of hydrogen-bond donors (Lipinski definition) is 0. The molecule has 1 unspecified atom stereocenters. The lowest BCUT2D eigenvalue weighted by atomic mass is 9.76. The van der Waals surface area contributed by atoms with Crippen LogP contribution in [0.3, 0.4) is 0 Å². The van der Waals surface area contributed by atoms with E-state index in [0.717, 1.165) is 74.9 Å². The first-order chi connectivity index (χ1) is 20.6. The van der Waals surface area contributed by atoms with Gasteiger partial charge in [0, 0.05) is 31.1 Å². The van der Waals surface area contributed by atoms with Gasteiger partial charge < -0.3 is 9.64 Å². The molecule has 7 heteroatoms. The largest absolute Gasteiger partial charge is 0.469 e. The number of benzene rings is 3. The summed E-state index contributed by atoms with van der Waals surface area (Å²) in [6, 6.07) is 12.9. The molecule has 0 bridgehead atoms. The lowest BCUT2D eigenvalue weighted by Gasteiger charge is -2.32. The van der Waals surface area contributed by atoms with Crippen LogP contribution in [-0.4, -0.2) is 45.4 Å². The fraction of sp³-hybridized carbons (Fsp3) is 0.444. The van der Waals surface area contributed by atoms with Crippen LogP contribution >= 0.6 is 0 Å². The minimum atomic E-state index is -0.369. The predicted molar refractivity (Wildman–Crippen MR) is 170 cm³/mol. The van der Waals surface area contributed by atoms with E-state index in [1.54, 1.807) is 0 Å². The first kappa shape index (κ1) is 30.5. The van der Waals surface area contributed by atoms with Crippen molar-refractivity contribution in [1.82, 2.24) is 19.9 Å². The van der Waals surface area contributed by atoms with Crippen molar-refractivity contribution in [3.8, 4) is 0 Å². The van der Waals surface area contributed by atoms with Crippen molar-refractivity contribution < 1.29 is 14.3 Å². The molecule has 0 radical (unpaired) electrons. The summed E-state index contributed by atoms with van der Waals surface area (Å²) in [6.45, 7) is 16.5. The fourth-order valence-corrected chi connectivity index (χ4v) is 6.98. The molecule has 2 atom stereocenters. The average molecular weight is 581 g/mol. The summed E-state index contributed by atoms with van der Waals surface area (Å²) in [7, 11) is 1.46. The maximum absolute atomic E-state index is 14.0. The number of rotatable bonds is 8. The van der Waals surface area contributed by atoms with Crippen LogP contribution in [0.4, 0.5) is 0 Å². The number of ether oxygens (including phenoxy) is 1. The van der Waals surface area contributed by atoms with Gasteiger partial charge in [0.15, 0.2) is 0 Å². The first-order valence-corrected chi connectivity index (χ1v) is 15.6. The summed E-state index contributed by atoms with van der Waals surface area (Å²) in [4.78, 5) is 29.2. The summed E-state index contributed by atoms with van der Waals surface area (Å²) >= 11 is 0. The molecule has 0 saturated carbocycles. The molecule has 1 aliphatic rings. The normalized spacial score (nSPS) is 14.5. The van der Waals surface area contributed by atoms with Gasteiger partial charge in [-0.05, 0) is 110 Å². The number of aryl methyl sites for hydroxylation is 4. The molecule has 0 fully saturated rings. The van der Waals surface area contributed by atoms with E-state index < -0.39 is 0 Å². The van der Waals surface area contributed by atoms with Crippen molar-refractivity contribution in [3.63, 3.8) is 0 Å². The molecule has 226 valence electrons. The van der Waals surface area contributed by atoms with Crippen molar-refractivity contribution >= 4 is 22.9 Å². The van der Waals surface area contributed by atoms with E-state index >= 15 is 0 Å². The maximum Gasteiger partial charge on any atom is 0.309 e. The van der Waals surface area contributed by atoms with Gasteiger partial charge in [-0.25, -0.2) is 4.68 Å². The maximum atomic E-state index is 14.0. The van der Waals surface area contributed by atoms with Gasteiger partial charge in [0.05, 0.1) is 18.5 Å². The van der Waals surface area contributed by atoms with Crippen molar-refractivity contribution in [2.45, 2.75) is 86.7 Å². The molecular formula is C36H44N4O3. The Hall–Kier alpha value is -4.00. The van der Waals surface area contributed by atoms with Crippen LogP contribution < -0.4 is 0 Å². The summed E-state index contributed by atoms with van der Waals surface area (Å²) in [5.74, 6) is -0.719. The molecule has 3 aromatic carbocycles. The van der Waals surface area contributed by atoms with Gasteiger partial charge in [-0.1, -0.05) is 49.4 Å². The number of carbonyl (C=O) groups excluding carboxylic acids is 2. The quantitative estimate of drug-likeness (QED) is 0.215. The Kier molecular flexibility index (Phi) is 8.72. The zero-order chi connectivity index (χ0) is 31.0. The number of methoxy groups -OCH3 is 1. The van der Waals surface area contributed by atoms with Gasteiger partial charge >= 0.3 is 5.97 Å². The summed E-state index contributed by atoms with van der Waals surface area (Å²) in [5.41, 5.74) is 12.7.